The lowest BCUT2D eigenvalue weighted by Crippen LogP contribution is -2.10. The van der Waals surface area contributed by atoms with Gasteiger partial charge < -0.3 is 4.90 Å². The van der Waals surface area contributed by atoms with Gasteiger partial charge in [0.1, 0.15) is 0 Å². The summed E-state index contributed by atoms with van der Waals surface area (Å²) in [5, 5.41) is 10.3. The molecule has 0 aliphatic rings. The maximum absolute atomic E-state index is 2.48. The van der Waals surface area contributed by atoms with E-state index in [4.69, 9.17) is 0 Å². The molecule has 10 aromatic rings. The highest BCUT2D eigenvalue weighted by atomic mass is 32.1. The van der Waals surface area contributed by atoms with Crippen molar-refractivity contribution in [1.82, 2.24) is 0 Å². The summed E-state index contributed by atoms with van der Waals surface area (Å²) in [6.07, 6.45) is 0. The van der Waals surface area contributed by atoms with E-state index < -0.39 is 0 Å². The van der Waals surface area contributed by atoms with Gasteiger partial charge in [0, 0.05) is 51.7 Å². The molecule has 0 bridgehead atoms. The molecule has 0 saturated carbocycles. The fraction of sp³-hybridized carbons (Fsp3) is 0. The van der Waals surface area contributed by atoms with Crippen molar-refractivity contribution in [2.45, 2.75) is 0 Å². The van der Waals surface area contributed by atoms with E-state index in [9.17, 15) is 0 Å². The van der Waals surface area contributed by atoms with Crippen molar-refractivity contribution in [2.75, 3.05) is 4.90 Å². The van der Waals surface area contributed by atoms with E-state index in [1.165, 1.54) is 78.7 Å². The minimum absolute atomic E-state index is 1.14. The van der Waals surface area contributed by atoms with Crippen molar-refractivity contribution in [3.63, 3.8) is 0 Å². The Balaban J connectivity index is 1.25. The summed E-state index contributed by atoms with van der Waals surface area (Å²) in [7, 11) is 0. The molecule has 0 spiro atoms. The number of thiophene rings is 2. The third-order valence-electron chi connectivity index (χ3n) is 9.43. The van der Waals surface area contributed by atoms with Gasteiger partial charge in [0.15, 0.2) is 0 Å². The molecule has 3 heteroatoms. The van der Waals surface area contributed by atoms with Crippen molar-refractivity contribution in [3.8, 4) is 11.1 Å². The molecule has 0 fully saturated rings. The van der Waals surface area contributed by atoms with Gasteiger partial charge in [-0.3, -0.25) is 0 Å². The third-order valence-corrected chi connectivity index (χ3v) is 11.8. The molecule has 0 unspecified atom stereocenters. The van der Waals surface area contributed by atoms with Gasteiger partial charge in [-0.1, -0.05) is 115 Å². The Morgan fingerprint density at radius 3 is 1.83 bits per heavy atom. The number of rotatable bonds is 4. The van der Waals surface area contributed by atoms with Crippen molar-refractivity contribution < 1.29 is 0 Å². The highest BCUT2D eigenvalue weighted by molar-refractivity contribution is 7.27. The van der Waals surface area contributed by atoms with Gasteiger partial charge in [0.25, 0.3) is 0 Å². The van der Waals surface area contributed by atoms with Crippen molar-refractivity contribution >= 4 is 102 Å². The zero-order valence-electron chi connectivity index (χ0n) is 25.4. The molecular weight excluding hydrogens is 607 g/mol. The average molecular weight is 634 g/mol. The molecule has 8 aromatic carbocycles. The van der Waals surface area contributed by atoms with Gasteiger partial charge >= 0.3 is 0 Å². The first-order chi connectivity index (χ1) is 23.3. The molecule has 1 nitrogen and oxygen atoms in total. The quantitative estimate of drug-likeness (QED) is 0.186. The van der Waals surface area contributed by atoms with Crippen molar-refractivity contribution in [3.05, 3.63) is 164 Å². The normalized spacial score (nSPS) is 11.8. The van der Waals surface area contributed by atoms with Crippen molar-refractivity contribution in [2.24, 2.45) is 0 Å². The molecule has 47 heavy (non-hydrogen) atoms. The van der Waals surface area contributed by atoms with E-state index in [2.05, 4.69) is 169 Å². The molecule has 0 amide bonds. The number of benzene rings is 8. The van der Waals surface area contributed by atoms with Crippen LogP contribution < -0.4 is 4.90 Å². The second-order valence-corrected chi connectivity index (χ2v) is 14.2. The van der Waals surface area contributed by atoms with Crippen LogP contribution in [-0.4, -0.2) is 0 Å². The van der Waals surface area contributed by atoms with Gasteiger partial charge in [-0.05, 0) is 81.2 Å². The predicted octanol–water partition coefficient (Wildman–Crippen LogP) is 13.9. The van der Waals surface area contributed by atoms with Gasteiger partial charge in [0.05, 0.1) is 5.69 Å². The summed E-state index contributed by atoms with van der Waals surface area (Å²) >= 11 is 3.76. The number of hydrogen-bond donors (Lipinski definition) is 0. The van der Waals surface area contributed by atoms with Crippen LogP contribution in [0.3, 0.4) is 0 Å². The van der Waals surface area contributed by atoms with E-state index in [0.29, 0.717) is 0 Å². The Labute approximate surface area is 280 Å². The lowest BCUT2D eigenvalue weighted by Gasteiger charge is -2.27. The molecular formula is C44H27NS2. The fourth-order valence-electron chi connectivity index (χ4n) is 7.26. The van der Waals surface area contributed by atoms with Crippen LogP contribution in [0.2, 0.25) is 0 Å². The third kappa shape index (κ3) is 4.21. The average Bonchev–Trinajstić information content (AvgIpc) is 3.71. The lowest BCUT2D eigenvalue weighted by atomic mass is 9.97. The Bertz CT molecular complexity index is 2800. The monoisotopic (exact) mass is 633 g/mol. The second kappa shape index (κ2) is 10.5. The van der Waals surface area contributed by atoms with E-state index in [1.54, 1.807) is 0 Å². The summed E-state index contributed by atoms with van der Waals surface area (Å²) < 4.78 is 5.28. The molecule has 10 rings (SSSR count). The summed E-state index contributed by atoms with van der Waals surface area (Å²) in [6.45, 7) is 0. The summed E-state index contributed by atoms with van der Waals surface area (Å²) in [5.74, 6) is 0. The van der Waals surface area contributed by atoms with Crippen LogP contribution in [0.25, 0.3) is 73.0 Å². The van der Waals surface area contributed by atoms with Gasteiger partial charge in [-0.2, -0.15) is 0 Å². The van der Waals surface area contributed by atoms with Crippen LogP contribution in [-0.2, 0) is 0 Å². The topological polar surface area (TPSA) is 3.24 Å². The van der Waals surface area contributed by atoms with Crippen LogP contribution in [0, 0.1) is 0 Å². The van der Waals surface area contributed by atoms with Crippen LogP contribution in [0.4, 0.5) is 17.1 Å². The number of hydrogen-bond acceptors (Lipinski definition) is 3. The van der Waals surface area contributed by atoms with E-state index in [-0.39, 0.29) is 0 Å². The highest BCUT2D eigenvalue weighted by Crippen LogP contribution is 2.49. The molecule has 0 aliphatic heterocycles. The van der Waals surface area contributed by atoms with E-state index >= 15 is 0 Å². The smallest absolute Gasteiger partial charge is 0.0561 e. The standard InChI is InChI=1S/C44H27NS2/c1-3-13-33-28(10-1)12-9-17-34(33)29-20-22-31(23-21-29)45(32-24-25-42-38(27-32)36-15-5-7-18-40(36)46-42)39-26-30-11-2-4-14-35(30)44-43(39)37-16-6-8-19-41(37)47-44/h1-27H. The Morgan fingerprint density at radius 1 is 0.383 bits per heavy atom. The predicted molar refractivity (Wildman–Crippen MR) is 207 cm³/mol. The Hall–Kier alpha value is -5.48. The first kappa shape index (κ1) is 26.7. The molecule has 0 atom stereocenters. The van der Waals surface area contributed by atoms with E-state index in [1.807, 2.05) is 22.7 Å². The van der Waals surface area contributed by atoms with Gasteiger partial charge in [0.2, 0.25) is 0 Å². The maximum atomic E-state index is 2.48. The van der Waals surface area contributed by atoms with Gasteiger partial charge in [-0.25, -0.2) is 0 Å². The molecule has 2 aromatic heterocycles. The highest BCUT2D eigenvalue weighted by Gasteiger charge is 2.21. The number of nitrogens with zero attached hydrogens (tertiary/aromatic N) is 1. The first-order valence-electron chi connectivity index (χ1n) is 15.9. The maximum Gasteiger partial charge on any atom is 0.0561 e. The second-order valence-electron chi connectivity index (χ2n) is 12.1. The van der Waals surface area contributed by atoms with Gasteiger partial charge in [-0.15, -0.1) is 22.7 Å². The van der Waals surface area contributed by atoms with Crippen molar-refractivity contribution in [1.29, 1.82) is 0 Å². The number of anilines is 3. The number of fused-ring (bicyclic) bond motifs is 9. The molecule has 2 heterocycles. The molecule has 0 saturated heterocycles. The van der Waals surface area contributed by atoms with E-state index in [0.717, 1.165) is 11.4 Å². The lowest BCUT2D eigenvalue weighted by molar-refractivity contribution is 1.31. The fourth-order valence-corrected chi connectivity index (χ4v) is 9.61. The van der Waals surface area contributed by atoms with Crippen LogP contribution in [0.5, 0.6) is 0 Å². The van der Waals surface area contributed by atoms with Crippen LogP contribution >= 0.6 is 22.7 Å². The minimum atomic E-state index is 1.14. The zero-order chi connectivity index (χ0) is 30.9. The summed E-state index contributed by atoms with van der Waals surface area (Å²) in [4.78, 5) is 2.48. The summed E-state index contributed by atoms with van der Waals surface area (Å²) in [5.41, 5.74) is 5.97. The molecule has 0 aliphatic carbocycles. The molecule has 220 valence electrons. The SMILES string of the molecule is c1ccc2c(-c3ccc(N(c4ccc5sc6ccccc6c5c4)c4cc5ccccc5c5sc6ccccc6c45)cc3)cccc2c1. The van der Waals surface area contributed by atoms with Crippen LogP contribution in [0.15, 0.2) is 164 Å². The first-order valence-corrected chi connectivity index (χ1v) is 17.6. The minimum Gasteiger partial charge on any atom is -0.310 e. The Morgan fingerprint density at radius 2 is 1.00 bits per heavy atom. The van der Waals surface area contributed by atoms with Crippen LogP contribution in [0.1, 0.15) is 0 Å². The Kier molecular flexibility index (Phi) is 5.98. The zero-order valence-corrected chi connectivity index (χ0v) is 27.0. The largest absolute Gasteiger partial charge is 0.310 e. The summed E-state index contributed by atoms with van der Waals surface area (Å²) in [6, 6.07) is 60.2. The molecule has 0 N–H and O–H groups in total. The molecule has 0 radical (unpaired) electrons.